The second kappa shape index (κ2) is 6.64. The van der Waals surface area contributed by atoms with Gasteiger partial charge in [-0.05, 0) is 12.1 Å². The Morgan fingerprint density at radius 1 is 1.17 bits per heavy atom. The van der Waals surface area contributed by atoms with E-state index in [-0.39, 0.29) is 18.7 Å². The van der Waals surface area contributed by atoms with Crippen LogP contribution in [0.5, 0.6) is 0 Å². The molecule has 6 heteroatoms. The zero-order valence-electron chi connectivity index (χ0n) is 12.2. The van der Waals surface area contributed by atoms with Crippen molar-refractivity contribution in [2.75, 3.05) is 11.9 Å². The Hall–Kier alpha value is -1.98. The first kappa shape index (κ1) is 15.9. The fourth-order valence-corrected chi connectivity index (χ4v) is 2.87. The molecule has 1 unspecified atom stereocenters. The van der Waals surface area contributed by atoms with Crippen molar-refractivity contribution in [1.82, 2.24) is 5.32 Å². The molecule has 0 spiro atoms. The highest BCUT2D eigenvalue weighted by molar-refractivity contribution is 6.33. The zero-order chi connectivity index (χ0) is 16.4. The van der Waals surface area contributed by atoms with Crippen molar-refractivity contribution in [2.24, 2.45) is 0 Å². The first-order chi connectivity index (χ1) is 11.1. The molecule has 2 atom stereocenters. The molecule has 3 rings (SSSR count). The van der Waals surface area contributed by atoms with Crippen molar-refractivity contribution >= 4 is 23.2 Å². The number of carbonyl (C=O) groups excluding carboxylic acids is 1. The van der Waals surface area contributed by atoms with Crippen LogP contribution in [0.2, 0.25) is 5.02 Å². The normalized spacial score (nSPS) is 20.5. The van der Waals surface area contributed by atoms with Crippen molar-refractivity contribution in [3.05, 3.63) is 53.3 Å². The summed E-state index contributed by atoms with van der Waals surface area (Å²) in [5.41, 5.74) is 0.901. The Morgan fingerprint density at radius 3 is 2.61 bits per heavy atom. The van der Waals surface area contributed by atoms with Gasteiger partial charge in [0.1, 0.15) is 6.17 Å². The minimum absolute atomic E-state index is 0.0523. The summed E-state index contributed by atoms with van der Waals surface area (Å²) in [5.74, 6) is -1.01. The van der Waals surface area contributed by atoms with E-state index in [0.29, 0.717) is 16.1 Å². The topological polar surface area (TPSA) is 41.1 Å². The summed E-state index contributed by atoms with van der Waals surface area (Å²) < 4.78 is 27.8. The van der Waals surface area contributed by atoms with Gasteiger partial charge >= 0.3 is 0 Å². The Morgan fingerprint density at radius 2 is 1.91 bits per heavy atom. The number of rotatable bonds is 3. The van der Waals surface area contributed by atoms with Crippen LogP contribution in [-0.2, 0) is 4.79 Å². The molecule has 3 nitrogen and oxygen atoms in total. The molecule has 120 valence electrons. The molecule has 23 heavy (non-hydrogen) atoms. The van der Waals surface area contributed by atoms with E-state index in [4.69, 9.17) is 11.6 Å². The molecule has 0 aromatic heterocycles. The zero-order valence-corrected chi connectivity index (χ0v) is 12.9. The summed E-state index contributed by atoms with van der Waals surface area (Å²) in [6.07, 6.45) is -0.956. The second-order valence-electron chi connectivity index (χ2n) is 5.43. The number of hydrogen-bond donors (Lipinski definition) is 2. The predicted octanol–water partition coefficient (Wildman–Crippen LogP) is 3.78. The van der Waals surface area contributed by atoms with Gasteiger partial charge < -0.3 is 10.6 Å². The maximum absolute atomic E-state index is 14.7. The SMILES string of the molecule is O=C(Nc1cccc(-c2ccccc2Cl)c1F)C1C[C@@H](F)CN1. The Balaban J connectivity index is 1.86. The van der Waals surface area contributed by atoms with Crippen molar-refractivity contribution in [3.63, 3.8) is 0 Å². The molecule has 1 aliphatic heterocycles. The highest BCUT2D eigenvalue weighted by Gasteiger charge is 2.29. The minimum atomic E-state index is -1.05. The number of anilines is 1. The fourth-order valence-electron chi connectivity index (χ4n) is 2.63. The lowest BCUT2D eigenvalue weighted by atomic mass is 10.0. The van der Waals surface area contributed by atoms with E-state index in [1.807, 2.05) is 0 Å². The molecule has 0 saturated carbocycles. The molecule has 1 amide bonds. The maximum atomic E-state index is 14.7. The van der Waals surface area contributed by atoms with Gasteiger partial charge in [-0.3, -0.25) is 4.79 Å². The van der Waals surface area contributed by atoms with Crippen LogP contribution < -0.4 is 10.6 Å². The molecule has 0 bridgehead atoms. The molecule has 1 fully saturated rings. The standard InChI is InChI=1S/C17H15ClF2N2O/c18-13-6-2-1-4-11(13)12-5-3-7-14(16(12)20)22-17(23)15-8-10(19)9-21-15/h1-7,10,15,21H,8-9H2,(H,22,23)/t10-,15?/m1/s1. The van der Waals surface area contributed by atoms with Gasteiger partial charge in [-0.2, -0.15) is 0 Å². The fraction of sp³-hybridized carbons (Fsp3) is 0.235. The van der Waals surface area contributed by atoms with E-state index in [0.717, 1.165) is 0 Å². The summed E-state index contributed by atoms with van der Waals surface area (Å²) in [5, 5.41) is 5.71. The number of benzene rings is 2. The average Bonchev–Trinajstić information content (AvgIpc) is 2.97. The summed E-state index contributed by atoms with van der Waals surface area (Å²) >= 11 is 6.10. The van der Waals surface area contributed by atoms with Crippen LogP contribution >= 0.6 is 11.6 Å². The second-order valence-corrected chi connectivity index (χ2v) is 5.84. The van der Waals surface area contributed by atoms with E-state index in [1.165, 1.54) is 6.07 Å². The molecular weight excluding hydrogens is 322 g/mol. The summed E-state index contributed by atoms with van der Waals surface area (Å²) in [7, 11) is 0. The highest BCUT2D eigenvalue weighted by atomic mass is 35.5. The van der Waals surface area contributed by atoms with Gasteiger partial charge in [-0.25, -0.2) is 8.78 Å². The average molecular weight is 337 g/mol. The monoisotopic (exact) mass is 336 g/mol. The molecule has 1 heterocycles. The predicted molar refractivity (Wildman–Crippen MR) is 86.8 cm³/mol. The summed E-state index contributed by atoms with van der Waals surface area (Å²) in [6, 6.07) is 11.0. The van der Waals surface area contributed by atoms with Gasteiger partial charge in [-0.15, -0.1) is 0 Å². The van der Waals surface area contributed by atoms with Crippen molar-refractivity contribution < 1.29 is 13.6 Å². The van der Waals surface area contributed by atoms with Crippen molar-refractivity contribution in [3.8, 4) is 11.1 Å². The highest BCUT2D eigenvalue weighted by Crippen LogP contribution is 2.32. The third kappa shape index (κ3) is 3.35. The van der Waals surface area contributed by atoms with E-state index >= 15 is 0 Å². The maximum Gasteiger partial charge on any atom is 0.241 e. The van der Waals surface area contributed by atoms with Crippen molar-refractivity contribution in [1.29, 1.82) is 0 Å². The molecule has 2 aromatic rings. The van der Waals surface area contributed by atoms with Gasteiger partial charge in [0.15, 0.2) is 5.82 Å². The molecule has 1 aliphatic rings. The minimum Gasteiger partial charge on any atom is -0.322 e. The van der Waals surface area contributed by atoms with E-state index in [2.05, 4.69) is 10.6 Å². The molecular formula is C17H15ClF2N2O. The largest absolute Gasteiger partial charge is 0.322 e. The van der Waals surface area contributed by atoms with Crippen LogP contribution in [0.15, 0.2) is 42.5 Å². The lowest BCUT2D eigenvalue weighted by Gasteiger charge is -2.14. The number of hydrogen-bond acceptors (Lipinski definition) is 2. The summed E-state index contributed by atoms with van der Waals surface area (Å²) in [4.78, 5) is 12.1. The van der Waals surface area contributed by atoms with Crippen LogP contribution in [0.3, 0.4) is 0 Å². The first-order valence-electron chi connectivity index (χ1n) is 7.28. The molecule has 0 radical (unpaired) electrons. The third-order valence-corrected chi connectivity index (χ3v) is 4.14. The Bertz CT molecular complexity index is 738. The summed E-state index contributed by atoms with van der Waals surface area (Å²) in [6.45, 7) is 0.139. The quantitative estimate of drug-likeness (QED) is 0.895. The number of amides is 1. The lowest BCUT2D eigenvalue weighted by Crippen LogP contribution is -2.35. The van der Waals surface area contributed by atoms with Gasteiger partial charge in [0.2, 0.25) is 5.91 Å². The number of halogens is 3. The molecule has 0 aliphatic carbocycles. The first-order valence-corrected chi connectivity index (χ1v) is 7.66. The van der Waals surface area contributed by atoms with Crippen LogP contribution in [-0.4, -0.2) is 24.7 Å². The van der Waals surface area contributed by atoms with Gasteiger partial charge in [0.05, 0.1) is 11.7 Å². The van der Waals surface area contributed by atoms with Crippen LogP contribution in [0.4, 0.5) is 14.5 Å². The van der Waals surface area contributed by atoms with E-state index in [1.54, 1.807) is 36.4 Å². The Kier molecular flexibility index (Phi) is 4.59. The van der Waals surface area contributed by atoms with Gasteiger partial charge in [0.25, 0.3) is 0 Å². The number of alkyl halides is 1. The van der Waals surface area contributed by atoms with Crippen LogP contribution in [0, 0.1) is 5.82 Å². The Labute approximate surface area is 137 Å². The smallest absolute Gasteiger partial charge is 0.241 e. The van der Waals surface area contributed by atoms with Crippen molar-refractivity contribution in [2.45, 2.75) is 18.6 Å². The van der Waals surface area contributed by atoms with Crippen LogP contribution in [0.25, 0.3) is 11.1 Å². The number of carbonyl (C=O) groups is 1. The number of nitrogens with one attached hydrogen (secondary N) is 2. The third-order valence-electron chi connectivity index (χ3n) is 3.81. The van der Waals surface area contributed by atoms with Gasteiger partial charge in [-0.1, -0.05) is 41.9 Å². The van der Waals surface area contributed by atoms with Gasteiger partial charge in [0, 0.05) is 29.1 Å². The van der Waals surface area contributed by atoms with E-state index < -0.39 is 23.9 Å². The lowest BCUT2D eigenvalue weighted by molar-refractivity contribution is -0.117. The molecule has 1 saturated heterocycles. The van der Waals surface area contributed by atoms with Crippen LogP contribution in [0.1, 0.15) is 6.42 Å². The van der Waals surface area contributed by atoms with E-state index in [9.17, 15) is 13.6 Å². The molecule has 2 aromatic carbocycles. The molecule has 2 N–H and O–H groups in total.